The Morgan fingerprint density at radius 2 is 2.07 bits per heavy atom. The molecule has 1 saturated heterocycles. The van der Waals surface area contributed by atoms with Crippen LogP contribution in [0.4, 0.5) is 0 Å². The summed E-state index contributed by atoms with van der Waals surface area (Å²) in [5.74, 6) is 1.85. The van der Waals surface area contributed by atoms with Crippen molar-refractivity contribution in [3.05, 3.63) is 0 Å². The molecule has 84 valence electrons. The Labute approximate surface area is 92.6 Å². The lowest BCUT2D eigenvalue weighted by Gasteiger charge is -2.39. The molecule has 1 fully saturated rings. The fourth-order valence-corrected chi connectivity index (χ4v) is 2.90. The molecular weight excluding hydrogens is 192 g/mol. The first kappa shape index (κ1) is 12.3. The van der Waals surface area contributed by atoms with Crippen LogP contribution in [0, 0.1) is 5.92 Å². The van der Waals surface area contributed by atoms with Crippen LogP contribution in [0.5, 0.6) is 0 Å². The van der Waals surface area contributed by atoms with E-state index in [0.717, 1.165) is 11.8 Å². The number of hydrogen-bond acceptors (Lipinski definition) is 3. The van der Waals surface area contributed by atoms with Crippen molar-refractivity contribution >= 4 is 11.8 Å². The maximum absolute atomic E-state index is 6.11. The average Bonchev–Trinajstić information content (AvgIpc) is 2.12. The van der Waals surface area contributed by atoms with Crippen molar-refractivity contribution in [2.24, 2.45) is 11.7 Å². The molecule has 0 spiro atoms. The maximum atomic E-state index is 6.11. The lowest BCUT2D eigenvalue weighted by molar-refractivity contribution is 0.187. The minimum Gasteiger partial charge on any atom is -0.326 e. The third kappa shape index (κ3) is 3.14. The van der Waals surface area contributed by atoms with Crippen LogP contribution in [0.1, 0.15) is 27.7 Å². The molecule has 0 radical (unpaired) electrons. The minimum atomic E-state index is 0.327. The molecule has 0 aromatic carbocycles. The summed E-state index contributed by atoms with van der Waals surface area (Å²) in [5.41, 5.74) is 6.11. The molecule has 14 heavy (non-hydrogen) atoms. The summed E-state index contributed by atoms with van der Waals surface area (Å²) < 4.78 is 0. The second-order valence-electron chi connectivity index (χ2n) is 4.72. The standard InChI is InChI=1S/C11H24N2S/c1-8(2)11(12)7-13-5-6-14-10(4)9(13)3/h8-11H,5-7,12H2,1-4H3. The first-order valence-electron chi connectivity index (χ1n) is 5.63. The van der Waals surface area contributed by atoms with Crippen molar-refractivity contribution in [2.75, 3.05) is 18.8 Å². The molecule has 2 nitrogen and oxygen atoms in total. The molecule has 0 bridgehead atoms. The highest BCUT2D eigenvalue weighted by atomic mass is 32.2. The summed E-state index contributed by atoms with van der Waals surface area (Å²) in [6.07, 6.45) is 0. The van der Waals surface area contributed by atoms with Gasteiger partial charge in [0.1, 0.15) is 0 Å². The molecule has 0 aromatic heterocycles. The molecule has 3 atom stereocenters. The summed E-state index contributed by atoms with van der Waals surface area (Å²) in [4.78, 5) is 2.55. The van der Waals surface area contributed by atoms with Gasteiger partial charge >= 0.3 is 0 Å². The van der Waals surface area contributed by atoms with Crippen LogP contribution in [0.3, 0.4) is 0 Å². The fourth-order valence-electron chi connectivity index (χ4n) is 1.73. The van der Waals surface area contributed by atoms with Crippen LogP contribution in [0.25, 0.3) is 0 Å². The Morgan fingerprint density at radius 1 is 1.43 bits per heavy atom. The summed E-state index contributed by atoms with van der Waals surface area (Å²) in [7, 11) is 0. The lowest BCUT2D eigenvalue weighted by Crippen LogP contribution is -2.50. The SMILES string of the molecule is CC(C)C(N)CN1CCSC(C)C1C. The highest BCUT2D eigenvalue weighted by molar-refractivity contribution is 8.00. The van der Waals surface area contributed by atoms with Gasteiger partial charge < -0.3 is 5.73 Å². The predicted molar refractivity (Wildman–Crippen MR) is 65.8 cm³/mol. The lowest BCUT2D eigenvalue weighted by atomic mass is 10.0. The molecule has 0 aromatic rings. The molecule has 0 aliphatic carbocycles. The van der Waals surface area contributed by atoms with Gasteiger partial charge in [-0.1, -0.05) is 20.8 Å². The summed E-state index contributed by atoms with van der Waals surface area (Å²) in [6, 6.07) is 1.01. The first-order chi connectivity index (χ1) is 6.52. The van der Waals surface area contributed by atoms with Gasteiger partial charge in [-0.15, -0.1) is 0 Å². The largest absolute Gasteiger partial charge is 0.326 e. The number of nitrogens with zero attached hydrogens (tertiary/aromatic N) is 1. The van der Waals surface area contributed by atoms with Gasteiger partial charge in [-0.25, -0.2) is 0 Å². The molecular formula is C11H24N2S. The van der Waals surface area contributed by atoms with Gasteiger partial charge in [-0.05, 0) is 12.8 Å². The number of nitrogens with two attached hydrogens (primary N) is 1. The van der Waals surface area contributed by atoms with Gasteiger partial charge in [0.25, 0.3) is 0 Å². The Morgan fingerprint density at radius 3 is 2.64 bits per heavy atom. The van der Waals surface area contributed by atoms with E-state index in [-0.39, 0.29) is 0 Å². The van der Waals surface area contributed by atoms with Gasteiger partial charge in [0.15, 0.2) is 0 Å². The van der Waals surface area contributed by atoms with E-state index in [1.54, 1.807) is 0 Å². The Hall–Kier alpha value is 0.270. The van der Waals surface area contributed by atoms with Gasteiger partial charge in [0.2, 0.25) is 0 Å². The van der Waals surface area contributed by atoms with Gasteiger partial charge in [0.05, 0.1) is 0 Å². The molecule has 1 rings (SSSR count). The molecule has 1 heterocycles. The summed E-state index contributed by atoms with van der Waals surface area (Å²) >= 11 is 2.08. The average molecular weight is 216 g/mol. The first-order valence-corrected chi connectivity index (χ1v) is 6.68. The van der Waals surface area contributed by atoms with Gasteiger partial charge in [-0.3, -0.25) is 4.90 Å². The normalized spacial score (nSPS) is 32.1. The maximum Gasteiger partial charge on any atom is 0.0191 e. The van der Waals surface area contributed by atoms with E-state index in [4.69, 9.17) is 5.73 Å². The molecule has 1 aliphatic heterocycles. The Balaban J connectivity index is 2.43. The van der Waals surface area contributed by atoms with Crippen molar-refractivity contribution in [2.45, 2.75) is 45.0 Å². The summed E-state index contributed by atoms with van der Waals surface area (Å²) in [6.45, 7) is 11.3. The molecule has 0 amide bonds. The summed E-state index contributed by atoms with van der Waals surface area (Å²) in [5, 5.41) is 0.753. The predicted octanol–water partition coefficient (Wildman–Crippen LogP) is 1.80. The zero-order valence-corrected chi connectivity index (χ0v) is 10.7. The smallest absolute Gasteiger partial charge is 0.0191 e. The second-order valence-corrected chi connectivity index (χ2v) is 6.20. The van der Waals surface area contributed by atoms with Crippen LogP contribution in [-0.2, 0) is 0 Å². The quantitative estimate of drug-likeness (QED) is 0.780. The molecule has 0 saturated carbocycles. The van der Waals surface area contributed by atoms with E-state index in [1.165, 1.54) is 12.3 Å². The monoisotopic (exact) mass is 216 g/mol. The molecule has 3 heteroatoms. The van der Waals surface area contributed by atoms with E-state index in [2.05, 4.69) is 44.4 Å². The van der Waals surface area contributed by atoms with E-state index < -0.39 is 0 Å². The minimum absolute atomic E-state index is 0.327. The van der Waals surface area contributed by atoms with E-state index >= 15 is 0 Å². The second kappa shape index (κ2) is 5.38. The van der Waals surface area contributed by atoms with Crippen LogP contribution >= 0.6 is 11.8 Å². The third-order valence-electron chi connectivity index (χ3n) is 3.32. The fraction of sp³-hybridized carbons (Fsp3) is 1.00. The van der Waals surface area contributed by atoms with Gasteiger partial charge in [-0.2, -0.15) is 11.8 Å². The van der Waals surface area contributed by atoms with Crippen LogP contribution in [0.15, 0.2) is 0 Å². The van der Waals surface area contributed by atoms with Crippen molar-refractivity contribution in [3.63, 3.8) is 0 Å². The third-order valence-corrected chi connectivity index (χ3v) is 4.65. The van der Waals surface area contributed by atoms with Crippen LogP contribution in [0.2, 0.25) is 0 Å². The highest BCUT2D eigenvalue weighted by Gasteiger charge is 2.26. The molecule has 2 N–H and O–H groups in total. The number of rotatable bonds is 3. The topological polar surface area (TPSA) is 29.3 Å². The zero-order chi connectivity index (χ0) is 10.7. The number of thioether (sulfide) groups is 1. The van der Waals surface area contributed by atoms with E-state index in [9.17, 15) is 0 Å². The van der Waals surface area contributed by atoms with E-state index in [0.29, 0.717) is 18.0 Å². The van der Waals surface area contributed by atoms with Crippen LogP contribution < -0.4 is 5.73 Å². The molecule has 3 unspecified atom stereocenters. The van der Waals surface area contributed by atoms with Crippen molar-refractivity contribution in [3.8, 4) is 0 Å². The Bertz CT molecular complexity index is 173. The highest BCUT2D eigenvalue weighted by Crippen LogP contribution is 2.24. The number of hydrogen-bond donors (Lipinski definition) is 1. The van der Waals surface area contributed by atoms with E-state index in [1.807, 2.05) is 0 Å². The molecule has 1 aliphatic rings. The zero-order valence-electron chi connectivity index (χ0n) is 9.86. The van der Waals surface area contributed by atoms with Gasteiger partial charge in [0, 0.05) is 36.2 Å². The van der Waals surface area contributed by atoms with Crippen molar-refractivity contribution < 1.29 is 0 Å². The van der Waals surface area contributed by atoms with Crippen molar-refractivity contribution in [1.29, 1.82) is 0 Å². The Kier molecular flexibility index (Phi) is 4.74. The van der Waals surface area contributed by atoms with Crippen LogP contribution in [-0.4, -0.2) is 41.1 Å². The van der Waals surface area contributed by atoms with Crippen molar-refractivity contribution in [1.82, 2.24) is 4.90 Å².